The van der Waals surface area contributed by atoms with E-state index in [9.17, 15) is 5.11 Å². The Labute approximate surface area is 128 Å². The Hall–Kier alpha value is -1.24. The molecule has 0 saturated carbocycles. The summed E-state index contributed by atoms with van der Waals surface area (Å²) in [5, 5.41) is 16.2. The van der Waals surface area contributed by atoms with E-state index < -0.39 is 0 Å². The number of piperidine rings is 1. The first-order valence-electron chi connectivity index (χ1n) is 7.56. The topological polar surface area (TPSA) is 62.4 Å². The predicted octanol–water partition coefficient (Wildman–Crippen LogP) is 2.92. The third kappa shape index (κ3) is 3.33. The molecular formula is C15H21N3O2S. The maximum absolute atomic E-state index is 10.2. The SMILES string of the molecule is CCC(O)C1CCCCN1Cc1nc(-c2cccs2)no1. The van der Waals surface area contributed by atoms with E-state index in [1.807, 2.05) is 24.4 Å². The van der Waals surface area contributed by atoms with Gasteiger partial charge in [0.05, 0.1) is 17.5 Å². The van der Waals surface area contributed by atoms with E-state index in [-0.39, 0.29) is 12.1 Å². The lowest BCUT2D eigenvalue weighted by Gasteiger charge is -2.37. The number of hydrogen-bond acceptors (Lipinski definition) is 6. The van der Waals surface area contributed by atoms with Gasteiger partial charge in [0.2, 0.25) is 11.7 Å². The molecule has 3 heterocycles. The van der Waals surface area contributed by atoms with Crippen molar-refractivity contribution in [3.8, 4) is 10.7 Å². The number of rotatable bonds is 5. The largest absolute Gasteiger partial charge is 0.392 e. The molecule has 0 spiro atoms. The summed E-state index contributed by atoms with van der Waals surface area (Å²) in [6, 6.07) is 4.18. The molecule has 6 heteroatoms. The van der Waals surface area contributed by atoms with Crippen LogP contribution in [0.4, 0.5) is 0 Å². The Balaban J connectivity index is 1.70. The van der Waals surface area contributed by atoms with E-state index in [4.69, 9.17) is 4.52 Å². The van der Waals surface area contributed by atoms with E-state index in [1.54, 1.807) is 11.3 Å². The Morgan fingerprint density at radius 3 is 3.19 bits per heavy atom. The maximum Gasteiger partial charge on any atom is 0.241 e. The Morgan fingerprint density at radius 2 is 2.43 bits per heavy atom. The highest BCUT2D eigenvalue weighted by Crippen LogP contribution is 2.25. The van der Waals surface area contributed by atoms with Gasteiger partial charge in [-0.25, -0.2) is 0 Å². The number of hydrogen-bond donors (Lipinski definition) is 1. The van der Waals surface area contributed by atoms with Crippen molar-refractivity contribution in [2.75, 3.05) is 6.54 Å². The molecular weight excluding hydrogens is 286 g/mol. The van der Waals surface area contributed by atoms with Crippen LogP contribution in [0, 0.1) is 0 Å². The molecule has 1 aliphatic heterocycles. The lowest BCUT2D eigenvalue weighted by atomic mass is 9.96. The highest BCUT2D eigenvalue weighted by Gasteiger charge is 2.29. The van der Waals surface area contributed by atoms with Crippen LogP contribution in [0.3, 0.4) is 0 Å². The number of aliphatic hydroxyl groups is 1. The summed E-state index contributed by atoms with van der Waals surface area (Å²) in [6.45, 7) is 3.64. The fourth-order valence-electron chi connectivity index (χ4n) is 2.92. The quantitative estimate of drug-likeness (QED) is 0.920. The van der Waals surface area contributed by atoms with Crippen molar-refractivity contribution < 1.29 is 9.63 Å². The molecule has 2 atom stereocenters. The summed E-state index contributed by atoms with van der Waals surface area (Å²) >= 11 is 1.61. The third-order valence-electron chi connectivity index (χ3n) is 4.07. The Kier molecular flexibility index (Phi) is 4.67. The highest BCUT2D eigenvalue weighted by molar-refractivity contribution is 7.13. The number of nitrogens with zero attached hydrogens (tertiary/aromatic N) is 3. The number of aromatic nitrogens is 2. The van der Waals surface area contributed by atoms with E-state index in [1.165, 1.54) is 12.8 Å². The normalized spacial score (nSPS) is 21.5. The Morgan fingerprint density at radius 1 is 1.52 bits per heavy atom. The van der Waals surface area contributed by atoms with Crippen LogP contribution in [-0.2, 0) is 6.54 Å². The van der Waals surface area contributed by atoms with Crippen molar-refractivity contribution in [3.63, 3.8) is 0 Å². The molecule has 2 aromatic heterocycles. The molecule has 3 rings (SSSR count). The van der Waals surface area contributed by atoms with E-state index >= 15 is 0 Å². The van der Waals surface area contributed by atoms with Crippen LogP contribution in [0.2, 0.25) is 0 Å². The molecule has 1 saturated heterocycles. The van der Waals surface area contributed by atoms with E-state index in [0.717, 1.165) is 24.3 Å². The minimum absolute atomic E-state index is 0.209. The fraction of sp³-hybridized carbons (Fsp3) is 0.600. The lowest BCUT2D eigenvalue weighted by Crippen LogP contribution is -2.46. The van der Waals surface area contributed by atoms with Gasteiger partial charge in [-0.3, -0.25) is 4.90 Å². The second kappa shape index (κ2) is 6.68. The maximum atomic E-state index is 10.2. The molecule has 114 valence electrons. The standard InChI is InChI=1S/C15H21N3O2S/c1-2-12(19)11-6-3-4-8-18(11)10-14-16-15(17-20-14)13-7-5-9-21-13/h5,7,9,11-12,19H,2-4,6,8,10H2,1H3. The molecule has 21 heavy (non-hydrogen) atoms. The van der Waals surface area contributed by atoms with Crippen LogP contribution in [0.25, 0.3) is 10.7 Å². The molecule has 0 amide bonds. The minimum Gasteiger partial charge on any atom is -0.392 e. The van der Waals surface area contributed by atoms with Crippen LogP contribution in [-0.4, -0.2) is 38.8 Å². The molecule has 1 N–H and O–H groups in total. The van der Waals surface area contributed by atoms with Crippen LogP contribution in [0.1, 0.15) is 38.5 Å². The summed E-state index contributed by atoms with van der Waals surface area (Å²) in [4.78, 5) is 7.78. The predicted molar refractivity (Wildman–Crippen MR) is 82.0 cm³/mol. The van der Waals surface area contributed by atoms with Gasteiger partial charge in [0.15, 0.2) is 0 Å². The summed E-state index contributed by atoms with van der Waals surface area (Å²) in [6.07, 6.45) is 3.90. The average Bonchev–Trinajstić information content (AvgIpc) is 3.18. The fourth-order valence-corrected chi connectivity index (χ4v) is 3.57. The van der Waals surface area contributed by atoms with Gasteiger partial charge < -0.3 is 9.63 Å². The zero-order chi connectivity index (χ0) is 14.7. The number of aliphatic hydroxyl groups excluding tert-OH is 1. The molecule has 1 fully saturated rings. The van der Waals surface area contributed by atoms with E-state index in [2.05, 4.69) is 15.0 Å². The highest BCUT2D eigenvalue weighted by atomic mass is 32.1. The van der Waals surface area contributed by atoms with Crippen molar-refractivity contribution in [1.82, 2.24) is 15.0 Å². The lowest BCUT2D eigenvalue weighted by molar-refractivity contribution is 0.0145. The molecule has 2 unspecified atom stereocenters. The summed E-state index contributed by atoms with van der Waals surface area (Å²) in [5.74, 6) is 1.29. The average molecular weight is 307 g/mol. The van der Waals surface area contributed by atoms with Crippen molar-refractivity contribution in [2.24, 2.45) is 0 Å². The molecule has 2 aromatic rings. The van der Waals surface area contributed by atoms with Crippen LogP contribution >= 0.6 is 11.3 Å². The van der Waals surface area contributed by atoms with Crippen LogP contribution in [0.15, 0.2) is 22.0 Å². The van der Waals surface area contributed by atoms with Crippen molar-refractivity contribution >= 4 is 11.3 Å². The molecule has 0 aliphatic carbocycles. The second-order valence-corrected chi connectivity index (χ2v) is 6.45. The van der Waals surface area contributed by atoms with Gasteiger partial charge in [0.1, 0.15) is 0 Å². The van der Waals surface area contributed by atoms with Gasteiger partial charge in [-0.05, 0) is 37.3 Å². The van der Waals surface area contributed by atoms with Gasteiger partial charge in [-0.1, -0.05) is 24.6 Å². The summed E-state index contributed by atoms with van der Waals surface area (Å²) < 4.78 is 5.38. The van der Waals surface area contributed by atoms with Gasteiger partial charge in [-0.15, -0.1) is 11.3 Å². The zero-order valence-electron chi connectivity index (χ0n) is 12.2. The first kappa shape index (κ1) is 14.7. The van der Waals surface area contributed by atoms with Crippen molar-refractivity contribution in [1.29, 1.82) is 0 Å². The van der Waals surface area contributed by atoms with Crippen LogP contribution in [0.5, 0.6) is 0 Å². The molecule has 5 nitrogen and oxygen atoms in total. The third-order valence-corrected chi connectivity index (χ3v) is 4.94. The Bertz CT molecular complexity index is 555. The van der Waals surface area contributed by atoms with Crippen molar-refractivity contribution in [2.45, 2.75) is 51.3 Å². The van der Waals surface area contributed by atoms with Gasteiger partial charge >= 0.3 is 0 Å². The molecule has 0 aromatic carbocycles. The summed E-state index contributed by atoms with van der Waals surface area (Å²) in [5.41, 5.74) is 0. The molecule has 1 aliphatic rings. The first-order valence-corrected chi connectivity index (χ1v) is 8.44. The first-order chi connectivity index (χ1) is 10.3. The summed E-state index contributed by atoms with van der Waals surface area (Å²) in [7, 11) is 0. The smallest absolute Gasteiger partial charge is 0.241 e. The minimum atomic E-state index is -0.273. The number of likely N-dealkylation sites (tertiary alicyclic amines) is 1. The van der Waals surface area contributed by atoms with Gasteiger partial charge in [0.25, 0.3) is 0 Å². The van der Waals surface area contributed by atoms with Crippen LogP contribution < -0.4 is 0 Å². The van der Waals surface area contributed by atoms with Crippen molar-refractivity contribution in [3.05, 3.63) is 23.4 Å². The van der Waals surface area contributed by atoms with Gasteiger partial charge in [-0.2, -0.15) is 4.98 Å². The zero-order valence-corrected chi connectivity index (χ0v) is 13.1. The monoisotopic (exact) mass is 307 g/mol. The van der Waals surface area contributed by atoms with E-state index in [0.29, 0.717) is 18.3 Å². The van der Waals surface area contributed by atoms with Gasteiger partial charge in [0, 0.05) is 6.04 Å². The second-order valence-electron chi connectivity index (χ2n) is 5.50. The molecule has 0 radical (unpaired) electrons. The molecule has 0 bridgehead atoms. The number of thiophene rings is 1.